The van der Waals surface area contributed by atoms with Gasteiger partial charge in [-0.2, -0.15) is 0 Å². The SMILES string of the molecule is COc1ccc2c(C=O)c(-c3ccccc3)c(C)cc2c1. The summed E-state index contributed by atoms with van der Waals surface area (Å²) in [5.74, 6) is 0.797. The number of aldehydes is 1. The molecular weight excluding hydrogens is 260 g/mol. The number of hydrogen-bond acceptors (Lipinski definition) is 2. The van der Waals surface area contributed by atoms with E-state index in [-0.39, 0.29) is 0 Å². The minimum atomic E-state index is 0.735. The van der Waals surface area contributed by atoms with Gasteiger partial charge in [-0.3, -0.25) is 4.79 Å². The number of aryl methyl sites for hydroxylation is 1. The Kier molecular flexibility index (Phi) is 3.44. The lowest BCUT2D eigenvalue weighted by molar-refractivity contribution is 0.112. The number of benzene rings is 3. The van der Waals surface area contributed by atoms with Crippen molar-refractivity contribution in [2.45, 2.75) is 6.92 Å². The lowest BCUT2D eigenvalue weighted by atomic mass is 9.91. The minimum absolute atomic E-state index is 0.735. The Bertz CT molecular complexity index is 805. The second kappa shape index (κ2) is 5.41. The van der Waals surface area contributed by atoms with Gasteiger partial charge in [0.15, 0.2) is 6.29 Å². The molecule has 0 radical (unpaired) electrons. The number of carbonyl (C=O) groups excluding carboxylic acids is 1. The molecule has 2 heteroatoms. The van der Waals surface area contributed by atoms with E-state index in [1.165, 1.54) is 0 Å². The van der Waals surface area contributed by atoms with E-state index in [2.05, 4.69) is 6.07 Å². The summed E-state index contributed by atoms with van der Waals surface area (Å²) in [6.07, 6.45) is 0.949. The molecule has 0 saturated heterocycles. The Hall–Kier alpha value is -2.61. The fraction of sp³-hybridized carbons (Fsp3) is 0.105. The smallest absolute Gasteiger partial charge is 0.151 e. The molecule has 3 aromatic carbocycles. The number of fused-ring (bicyclic) bond motifs is 1. The van der Waals surface area contributed by atoms with Gasteiger partial charge in [0.05, 0.1) is 7.11 Å². The molecule has 0 unspecified atom stereocenters. The zero-order valence-corrected chi connectivity index (χ0v) is 12.1. The lowest BCUT2D eigenvalue weighted by Crippen LogP contribution is -1.94. The van der Waals surface area contributed by atoms with Crippen molar-refractivity contribution in [1.82, 2.24) is 0 Å². The number of hydrogen-bond donors (Lipinski definition) is 0. The van der Waals surface area contributed by atoms with Gasteiger partial charge in [0.2, 0.25) is 0 Å². The first-order chi connectivity index (χ1) is 10.2. The van der Waals surface area contributed by atoms with E-state index < -0.39 is 0 Å². The van der Waals surface area contributed by atoms with Crippen LogP contribution in [0.5, 0.6) is 5.75 Å². The average Bonchev–Trinajstić information content (AvgIpc) is 2.53. The van der Waals surface area contributed by atoms with Gasteiger partial charge in [0.1, 0.15) is 5.75 Å². The van der Waals surface area contributed by atoms with E-state index in [0.717, 1.165) is 45.1 Å². The standard InChI is InChI=1S/C19H16O2/c1-13-10-15-11-16(21-2)8-9-17(15)18(12-20)19(13)14-6-4-3-5-7-14/h3-12H,1-2H3. The summed E-state index contributed by atoms with van der Waals surface area (Å²) in [6, 6.07) is 17.9. The van der Waals surface area contributed by atoms with E-state index >= 15 is 0 Å². The molecule has 0 saturated carbocycles. The molecule has 0 aromatic heterocycles. The van der Waals surface area contributed by atoms with Crippen LogP contribution in [0.15, 0.2) is 54.6 Å². The second-order valence-electron chi connectivity index (χ2n) is 5.05. The first kappa shape index (κ1) is 13.4. The van der Waals surface area contributed by atoms with Crippen LogP contribution in [-0.2, 0) is 0 Å². The molecule has 0 aliphatic carbocycles. The molecule has 0 aliphatic rings. The first-order valence-corrected chi connectivity index (χ1v) is 6.86. The maximum Gasteiger partial charge on any atom is 0.151 e. The van der Waals surface area contributed by atoms with Crippen molar-refractivity contribution in [1.29, 1.82) is 0 Å². The Morgan fingerprint density at radius 2 is 1.76 bits per heavy atom. The number of carbonyl (C=O) groups is 1. The summed E-state index contributed by atoms with van der Waals surface area (Å²) >= 11 is 0. The summed E-state index contributed by atoms with van der Waals surface area (Å²) in [7, 11) is 1.65. The van der Waals surface area contributed by atoms with Crippen LogP contribution in [0, 0.1) is 6.92 Å². The Morgan fingerprint density at radius 3 is 2.43 bits per heavy atom. The highest BCUT2D eigenvalue weighted by molar-refractivity contribution is 6.06. The van der Waals surface area contributed by atoms with Gasteiger partial charge >= 0.3 is 0 Å². The summed E-state index contributed by atoms with van der Waals surface area (Å²) in [5.41, 5.74) is 3.89. The van der Waals surface area contributed by atoms with Crippen molar-refractivity contribution in [2.75, 3.05) is 7.11 Å². The van der Waals surface area contributed by atoms with E-state index in [1.54, 1.807) is 7.11 Å². The zero-order chi connectivity index (χ0) is 14.8. The van der Waals surface area contributed by atoms with Crippen molar-refractivity contribution in [2.24, 2.45) is 0 Å². The van der Waals surface area contributed by atoms with Gasteiger partial charge in [-0.25, -0.2) is 0 Å². The van der Waals surface area contributed by atoms with Crippen LogP contribution in [0.25, 0.3) is 21.9 Å². The fourth-order valence-electron chi connectivity index (χ4n) is 2.80. The monoisotopic (exact) mass is 276 g/mol. The summed E-state index contributed by atoms with van der Waals surface area (Å²) in [6.45, 7) is 2.04. The highest BCUT2D eigenvalue weighted by atomic mass is 16.5. The maximum atomic E-state index is 11.7. The van der Waals surface area contributed by atoms with Crippen LogP contribution >= 0.6 is 0 Å². The molecular formula is C19H16O2. The molecule has 104 valence electrons. The molecule has 0 bridgehead atoms. The van der Waals surface area contributed by atoms with Crippen LogP contribution in [0.4, 0.5) is 0 Å². The first-order valence-electron chi connectivity index (χ1n) is 6.86. The van der Waals surface area contributed by atoms with Gasteiger partial charge < -0.3 is 4.74 Å². The highest BCUT2D eigenvalue weighted by Crippen LogP contribution is 2.34. The van der Waals surface area contributed by atoms with Gasteiger partial charge in [0.25, 0.3) is 0 Å². The normalized spacial score (nSPS) is 10.6. The lowest BCUT2D eigenvalue weighted by Gasteiger charge is -2.13. The molecule has 0 aliphatic heterocycles. The maximum absolute atomic E-state index is 11.7. The van der Waals surface area contributed by atoms with Gasteiger partial charge in [-0.05, 0) is 52.6 Å². The number of rotatable bonds is 3. The van der Waals surface area contributed by atoms with Crippen molar-refractivity contribution < 1.29 is 9.53 Å². The van der Waals surface area contributed by atoms with Crippen LogP contribution in [0.1, 0.15) is 15.9 Å². The number of ether oxygens (including phenoxy) is 1. The minimum Gasteiger partial charge on any atom is -0.497 e. The van der Waals surface area contributed by atoms with E-state index in [9.17, 15) is 4.79 Å². The Labute approximate surface area is 124 Å². The molecule has 0 spiro atoms. The van der Waals surface area contributed by atoms with Crippen molar-refractivity contribution in [3.05, 3.63) is 65.7 Å². The van der Waals surface area contributed by atoms with Crippen LogP contribution in [0.2, 0.25) is 0 Å². The third kappa shape index (κ3) is 2.29. The van der Waals surface area contributed by atoms with Crippen molar-refractivity contribution in [3.63, 3.8) is 0 Å². The third-order valence-corrected chi connectivity index (χ3v) is 3.76. The Balaban J connectivity index is 2.36. The molecule has 0 fully saturated rings. The molecule has 21 heavy (non-hydrogen) atoms. The van der Waals surface area contributed by atoms with Crippen LogP contribution in [0.3, 0.4) is 0 Å². The topological polar surface area (TPSA) is 26.3 Å². The zero-order valence-electron chi connectivity index (χ0n) is 12.1. The largest absolute Gasteiger partial charge is 0.497 e. The Morgan fingerprint density at radius 1 is 1.00 bits per heavy atom. The van der Waals surface area contributed by atoms with Gasteiger partial charge in [0, 0.05) is 5.56 Å². The second-order valence-corrected chi connectivity index (χ2v) is 5.05. The van der Waals surface area contributed by atoms with Crippen LogP contribution < -0.4 is 4.74 Å². The summed E-state index contributed by atoms with van der Waals surface area (Å²) < 4.78 is 5.26. The van der Waals surface area contributed by atoms with E-state index in [0.29, 0.717) is 0 Å². The molecule has 3 rings (SSSR count). The predicted molar refractivity (Wildman–Crippen MR) is 86.1 cm³/mol. The third-order valence-electron chi connectivity index (χ3n) is 3.76. The fourth-order valence-corrected chi connectivity index (χ4v) is 2.80. The highest BCUT2D eigenvalue weighted by Gasteiger charge is 2.12. The molecule has 2 nitrogen and oxygen atoms in total. The number of methoxy groups -OCH3 is 1. The average molecular weight is 276 g/mol. The summed E-state index contributed by atoms with van der Waals surface area (Å²) in [4.78, 5) is 11.7. The quantitative estimate of drug-likeness (QED) is 0.652. The molecule has 0 heterocycles. The molecule has 0 N–H and O–H groups in total. The van der Waals surface area contributed by atoms with Crippen LogP contribution in [-0.4, -0.2) is 13.4 Å². The van der Waals surface area contributed by atoms with Crippen molar-refractivity contribution in [3.8, 4) is 16.9 Å². The van der Waals surface area contributed by atoms with Crippen molar-refractivity contribution >= 4 is 17.1 Å². The summed E-state index contributed by atoms with van der Waals surface area (Å²) in [5, 5.41) is 1.98. The van der Waals surface area contributed by atoms with Gasteiger partial charge in [-0.15, -0.1) is 0 Å². The molecule has 0 amide bonds. The van der Waals surface area contributed by atoms with Gasteiger partial charge in [-0.1, -0.05) is 36.4 Å². The van der Waals surface area contributed by atoms with E-state index in [4.69, 9.17) is 4.74 Å². The predicted octanol–water partition coefficient (Wildman–Crippen LogP) is 4.64. The molecule has 3 aromatic rings. The molecule has 0 atom stereocenters. The van der Waals surface area contributed by atoms with E-state index in [1.807, 2.05) is 55.5 Å².